The molecule has 0 aliphatic rings. The number of hydrogen-bond donors (Lipinski definition) is 1. The average molecular weight is 256 g/mol. The molecule has 1 aromatic carbocycles. The molecule has 0 aliphatic carbocycles. The second-order valence-electron chi connectivity index (χ2n) is 3.83. The SMILES string of the molecule is CCN(CCC#N)C(=O)c1ccc(C#CCO)cc1. The molecule has 0 saturated heterocycles. The summed E-state index contributed by atoms with van der Waals surface area (Å²) in [7, 11) is 0. The van der Waals surface area contributed by atoms with Crippen molar-refractivity contribution in [2.24, 2.45) is 0 Å². The zero-order valence-corrected chi connectivity index (χ0v) is 10.9. The summed E-state index contributed by atoms with van der Waals surface area (Å²) in [5.41, 5.74) is 1.33. The number of nitriles is 1. The predicted molar refractivity (Wildman–Crippen MR) is 72.2 cm³/mol. The molecule has 0 radical (unpaired) electrons. The molecule has 1 amide bonds. The minimum atomic E-state index is -0.182. The molecule has 0 aliphatic heterocycles. The summed E-state index contributed by atoms with van der Waals surface area (Å²) in [6.07, 6.45) is 0.333. The Morgan fingerprint density at radius 1 is 1.37 bits per heavy atom. The Kier molecular flexibility index (Phi) is 6.15. The van der Waals surface area contributed by atoms with Crippen molar-refractivity contribution in [3.63, 3.8) is 0 Å². The molecule has 0 saturated carbocycles. The van der Waals surface area contributed by atoms with Gasteiger partial charge >= 0.3 is 0 Å². The van der Waals surface area contributed by atoms with Crippen molar-refractivity contribution in [3.05, 3.63) is 35.4 Å². The van der Waals surface area contributed by atoms with Gasteiger partial charge in [0, 0.05) is 24.2 Å². The number of carbonyl (C=O) groups is 1. The fourth-order valence-electron chi connectivity index (χ4n) is 1.61. The number of aliphatic hydroxyl groups is 1. The first-order chi connectivity index (χ1) is 9.22. The van der Waals surface area contributed by atoms with Crippen molar-refractivity contribution in [1.29, 1.82) is 5.26 Å². The van der Waals surface area contributed by atoms with E-state index in [-0.39, 0.29) is 12.5 Å². The molecule has 0 spiro atoms. The first-order valence-corrected chi connectivity index (χ1v) is 6.09. The van der Waals surface area contributed by atoms with Gasteiger partial charge in [-0.2, -0.15) is 5.26 Å². The highest BCUT2D eigenvalue weighted by molar-refractivity contribution is 5.94. The molecule has 0 heterocycles. The van der Waals surface area contributed by atoms with Crippen molar-refractivity contribution in [3.8, 4) is 17.9 Å². The van der Waals surface area contributed by atoms with Crippen LogP contribution in [0.2, 0.25) is 0 Å². The van der Waals surface area contributed by atoms with E-state index >= 15 is 0 Å². The van der Waals surface area contributed by atoms with Crippen LogP contribution >= 0.6 is 0 Å². The summed E-state index contributed by atoms with van der Waals surface area (Å²) < 4.78 is 0. The third kappa shape index (κ3) is 4.46. The standard InChI is InChI=1S/C15H16N2O2/c1-2-17(11-4-10-16)15(19)14-8-6-13(7-9-14)5-3-12-18/h6-9,18H,2,4,11-12H2,1H3. The molecule has 4 nitrogen and oxygen atoms in total. The van der Waals surface area contributed by atoms with Crippen LogP contribution in [-0.4, -0.2) is 35.6 Å². The number of benzene rings is 1. The molecule has 4 heteroatoms. The van der Waals surface area contributed by atoms with Crippen LogP contribution in [0.4, 0.5) is 0 Å². The highest BCUT2D eigenvalue weighted by atomic mass is 16.2. The largest absolute Gasteiger partial charge is 0.384 e. The van der Waals surface area contributed by atoms with E-state index in [9.17, 15) is 4.79 Å². The topological polar surface area (TPSA) is 64.3 Å². The van der Waals surface area contributed by atoms with Gasteiger partial charge in [-0.3, -0.25) is 4.79 Å². The Labute approximate surface area is 113 Å². The fourth-order valence-corrected chi connectivity index (χ4v) is 1.61. The van der Waals surface area contributed by atoms with Gasteiger partial charge < -0.3 is 10.0 Å². The van der Waals surface area contributed by atoms with Crippen molar-refractivity contribution < 1.29 is 9.90 Å². The van der Waals surface area contributed by atoms with E-state index < -0.39 is 0 Å². The van der Waals surface area contributed by atoms with E-state index in [4.69, 9.17) is 10.4 Å². The van der Waals surface area contributed by atoms with E-state index in [0.29, 0.717) is 25.1 Å². The summed E-state index contributed by atoms with van der Waals surface area (Å²) in [5, 5.41) is 17.2. The number of rotatable bonds is 4. The third-order valence-corrected chi connectivity index (χ3v) is 2.61. The maximum atomic E-state index is 12.1. The van der Waals surface area contributed by atoms with Crippen molar-refractivity contribution in [2.75, 3.05) is 19.7 Å². The molecule has 0 fully saturated rings. The van der Waals surface area contributed by atoms with E-state index in [1.807, 2.05) is 13.0 Å². The smallest absolute Gasteiger partial charge is 0.253 e. The molecule has 98 valence electrons. The van der Waals surface area contributed by atoms with Gasteiger partial charge in [0.05, 0.1) is 12.5 Å². The number of amides is 1. The Morgan fingerprint density at radius 2 is 2.05 bits per heavy atom. The lowest BCUT2D eigenvalue weighted by atomic mass is 10.1. The van der Waals surface area contributed by atoms with Gasteiger partial charge in [-0.1, -0.05) is 11.8 Å². The second-order valence-corrected chi connectivity index (χ2v) is 3.83. The summed E-state index contributed by atoms with van der Waals surface area (Å²) in [6, 6.07) is 8.94. The van der Waals surface area contributed by atoms with Crippen molar-refractivity contribution in [1.82, 2.24) is 4.90 Å². The molecule has 19 heavy (non-hydrogen) atoms. The molecule has 1 aromatic rings. The van der Waals surface area contributed by atoms with Crippen LogP contribution in [-0.2, 0) is 0 Å². The maximum Gasteiger partial charge on any atom is 0.253 e. The molecule has 0 bridgehead atoms. The highest BCUT2D eigenvalue weighted by Crippen LogP contribution is 2.07. The van der Waals surface area contributed by atoms with Gasteiger partial charge in [-0.25, -0.2) is 0 Å². The van der Waals surface area contributed by atoms with Crippen LogP contribution in [0, 0.1) is 23.2 Å². The van der Waals surface area contributed by atoms with E-state index in [1.165, 1.54) is 0 Å². The monoisotopic (exact) mass is 256 g/mol. The highest BCUT2D eigenvalue weighted by Gasteiger charge is 2.13. The molecular formula is C15H16N2O2. The molecule has 1 N–H and O–H groups in total. The van der Waals surface area contributed by atoms with Crippen LogP contribution in [0.25, 0.3) is 0 Å². The van der Waals surface area contributed by atoms with Crippen LogP contribution in [0.3, 0.4) is 0 Å². The van der Waals surface area contributed by atoms with E-state index in [0.717, 1.165) is 5.56 Å². The lowest BCUT2D eigenvalue weighted by Crippen LogP contribution is -2.31. The third-order valence-electron chi connectivity index (χ3n) is 2.61. The van der Waals surface area contributed by atoms with Crippen LogP contribution in [0.15, 0.2) is 24.3 Å². The van der Waals surface area contributed by atoms with Gasteiger partial charge in [-0.05, 0) is 31.2 Å². The van der Waals surface area contributed by atoms with Crippen molar-refractivity contribution in [2.45, 2.75) is 13.3 Å². The van der Waals surface area contributed by atoms with Gasteiger partial charge in [-0.15, -0.1) is 0 Å². The number of aliphatic hydroxyl groups excluding tert-OH is 1. The molecule has 0 atom stereocenters. The van der Waals surface area contributed by atoms with Gasteiger partial charge in [0.25, 0.3) is 5.91 Å². The summed E-state index contributed by atoms with van der Waals surface area (Å²) in [6.45, 7) is 2.72. The normalized spacial score (nSPS) is 9.11. The zero-order chi connectivity index (χ0) is 14.1. The molecule has 0 unspecified atom stereocenters. The maximum absolute atomic E-state index is 12.1. The predicted octanol–water partition coefficient (Wildman–Crippen LogP) is 1.41. The Morgan fingerprint density at radius 3 is 2.58 bits per heavy atom. The van der Waals surface area contributed by atoms with Gasteiger partial charge in [0.15, 0.2) is 0 Å². The van der Waals surface area contributed by atoms with Crippen molar-refractivity contribution >= 4 is 5.91 Å². The van der Waals surface area contributed by atoms with Gasteiger partial charge in [0.2, 0.25) is 0 Å². The van der Waals surface area contributed by atoms with E-state index in [2.05, 4.69) is 11.8 Å². The molecular weight excluding hydrogens is 240 g/mol. The first-order valence-electron chi connectivity index (χ1n) is 6.09. The molecule has 0 aromatic heterocycles. The van der Waals surface area contributed by atoms with Crippen LogP contribution in [0.5, 0.6) is 0 Å². The summed E-state index contributed by atoms with van der Waals surface area (Å²) >= 11 is 0. The fraction of sp³-hybridized carbons (Fsp3) is 0.333. The lowest BCUT2D eigenvalue weighted by molar-refractivity contribution is 0.0768. The zero-order valence-electron chi connectivity index (χ0n) is 10.9. The Balaban J connectivity index is 2.79. The number of carbonyl (C=O) groups excluding carboxylic acids is 1. The van der Waals surface area contributed by atoms with E-state index in [1.54, 1.807) is 29.2 Å². The number of nitrogens with zero attached hydrogens (tertiary/aromatic N) is 2. The minimum absolute atomic E-state index is 0.0839. The number of hydrogen-bond acceptors (Lipinski definition) is 3. The minimum Gasteiger partial charge on any atom is -0.384 e. The molecule has 1 rings (SSSR count). The Hall–Kier alpha value is -2.30. The van der Waals surface area contributed by atoms with Crippen LogP contribution < -0.4 is 0 Å². The quantitative estimate of drug-likeness (QED) is 0.828. The second kappa shape index (κ2) is 7.92. The summed E-state index contributed by atoms with van der Waals surface area (Å²) in [4.78, 5) is 13.8. The average Bonchev–Trinajstić information content (AvgIpc) is 2.46. The van der Waals surface area contributed by atoms with Crippen LogP contribution in [0.1, 0.15) is 29.3 Å². The van der Waals surface area contributed by atoms with Gasteiger partial charge in [0.1, 0.15) is 6.61 Å². The first kappa shape index (κ1) is 14.8. The Bertz CT molecular complexity index is 518. The summed E-state index contributed by atoms with van der Waals surface area (Å²) in [5.74, 6) is 5.24. The lowest BCUT2D eigenvalue weighted by Gasteiger charge is -2.19.